The average Bonchev–Trinajstić information content (AvgIpc) is 3.25. The number of nitrogens with zero attached hydrogens (tertiary/aromatic N) is 1. The molecule has 0 bridgehead atoms. The number of nitrogens with one attached hydrogen (secondary N) is 1. The molecule has 1 aromatic heterocycles. The first-order valence-electron chi connectivity index (χ1n) is 11.2. The van der Waals surface area contributed by atoms with Crippen LogP contribution < -0.4 is 11.1 Å². The molecule has 2 heterocycles. The van der Waals surface area contributed by atoms with Gasteiger partial charge in [0.05, 0.1) is 17.9 Å². The van der Waals surface area contributed by atoms with Crippen LogP contribution in [-0.4, -0.2) is 71.9 Å². The molecule has 2 rings (SSSR count). The number of amides is 1. The third-order valence-electron chi connectivity index (χ3n) is 5.32. The largest absolute Gasteiger partial charge is 0.480 e. The molecule has 0 spiro atoms. The summed E-state index contributed by atoms with van der Waals surface area (Å²) in [4.78, 5) is 39.6. The maximum Gasteiger partial charge on any atom is 0.323 e. The highest BCUT2D eigenvalue weighted by Gasteiger charge is 2.35. The summed E-state index contributed by atoms with van der Waals surface area (Å²) in [5.74, 6) is -1.23. The quantitative estimate of drug-likeness (QED) is 0.272. The zero-order valence-electron chi connectivity index (χ0n) is 18.7. The lowest BCUT2D eigenvalue weighted by Crippen LogP contribution is -2.53. The molecule has 1 aromatic rings. The minimum absolute atomic E-state index is 0.00804. The van der Waals surface area contributed by atoms with Crippen LogP contribution in [0, 0.1) is 0 Å². The molecule has 1 aliphatic rings. The number of hydrogen-bond acceptors (Lipinski definition) is 8. The molecule has 1 fully saturated rings. The first kappa shape index (κ1) is 26.6. The molecule has 4 N–H and O–H groups in total. The second-order valence-corrected chi connectivity index (χ2v) is 10.0. The Morgan fingerprint density at radius 3 is 2.72 bits per heavy atom. The fourth-order valence-electron chi connectivity index (χ4n) is 3.70. The van der Waals surface area contributed by atoms with Crippen LogP contribution in [-0.2, 0) is 19.1 Å². The van der Waals surface area contributed by atoms with Gasteiger partial charge in [-0.25, -0.2) is 0 Å². The molecule has 0 aliphatic carbocycles. The molecule has 1 amide bonds. The van der Waals surface area contributed by atoms with E-state index < -0.39 is 18.1 Å². The number of carbonyl (C=O) groups excluding carboxylic acids is 2. The molecule has 0 aromatic carbocycles. The van der Waals surface area contributed by atoms with Gasteiger partial charge in [-0.2, -0.15) is 0 Å². The van der Waals surface area contributed by atoms with E-state index in [0.29, 0.717) is 25.3 Å². The predicted octanol–water partition coefficient (Wildman–Crippen LogP) is 2.64. The van der Waals surface area contributed by atoms with E-state index in [1.165, 1.54) is 4.90 Å². The highest BCUT2D eigenvalue weighted by molar-refractivity contribution is 7.99. The van der Waals surface area contributed by atoms with Crippen LogP contribution in [0.5, 0.6) is 0 Å². The highest BCUT2D eigenvalue weighted by Crippen LogP contribution is 2.35. The lowest BCUT2D eigenvalue weighted by atomic mass is 10.1. The normalized spacial score (nSPS) is 20.1. The summed E-state index contributed by atoms with van der Waals surface area (Å²) in [7, 11) is 0. The number of carboxylic acid groups (broad SMARTS) is 1. The van der Waals surface area contributed by atoms with Gasteiger partial charge in [0.15, 0.2) is 0 Å². The second-order valence-electron chi connectivity index (χ2n) is 7.82. The van der Waals surface area contributed by atoms with E-state index in [9.17, 15) is 19.5 Å². The van der Waals surface area contributed by atoms with E-state index in [4.69, 9.17) is 10.5 Å². The molecular formula is C22H35N3O5S2. The number of esters is 1. The molecule has 0 unspecified atom stereocenters. The SMILES string of the molecule is CCOC(=O)[C@H](CCCCCCCN)N[C@H]1CS[C@H](c2cccs2)CN(CC(=O)O)C1=O. The summed E-state index contributed by atoms with van der Waals surface area (Å²) in [6, 6.07) is 2.72. The van der Waals surface area contributed by atoms with Gasteiger partial charge < -0.3 is 20.5 Å². The topological polar surface area (TPSA) is 122 Å². The number of carboxylic acids is 1. The van der Waals surface area contributed by atoms with E-state index in [2.05, 4.69) is 5.32 Å². The van der Waals surface area contributed by atoms with Gasteiger partial charge in [-0.1, -0.05) is 31.7 Å². The van der Waals surface area contributed by atoms with Crippen molar-refractivity contribution in [1.29, 1.82) is 0 Å². The average molecular weight is 486 g/mol. The van der Waals surface area contributed by atoms with E-state index in [0.717, 1.165) is 37.0 Å². The number of nitrogens with two attached hydrogens (primary N) is 1. The Balaban J connectivity index is 2.06. The van der Waals surface area contributed by atoms with Crippen molar-refractivity contribution in [2.24, 2.45) is 5.73 Å². The second kappa shape index (κ2) is 14.5. The molecule has 0 radical (unpaired) electrons. The standard InChI is InChI=1S/C22H35N3O5S2/c1-2-30-22(29)16(9-6-4-3-5-7-11-23)24-17-15-32-19(18-10-8-12-31-18)13-25(21(17)28)14-20(26)27/h8,10,12,16-17,19,24H,2-7,9,11,13-15,23H2,1H3,(H,26,27)/t16-,17-,19-/m0/s1. The minimum atomic E-state index is -1.05. The zero-order chi connectivity index (χ0) is 23.3. The monoisotopic (exact) mass is 485 g/mol. The van der Waals surface area contributed by atoms with E-state index >= 15 is 0 Å². The van der Waals surface area contributed by atoms with E-state index in [-0.39, 0.29) is 30.3 Å². The van der Waals surface area contributed by atoms with Gasteiger partial charge in [0, 0.05) is 17.2 Å². The minimum Gasteiger partial charge on any atom is -0.480 e. The molecule has 3 atom stereocenters. The third-order valence-corrected chi connectivity index (χ3v) is 7.78. The molecule has 10 heteroatoms. The predicted molar refractivity (Wildman–Crippen MR) is 128 cm³/mol. The number of thioether (sulfide) groups is 1. The Bertz CT molecular complexity index is 716. The summed E-state index contributed by atoms with van der Waals surface area (Å²) in [5, 5.41) is 14.5. The Morgan fingerprint density at radius 1 is 1.31 bits per heavy atom. The third kappa shape index (κ3) is 8.73. The number of ether oxygens (including phenoxy) is 1. The van der Waals surface area contributed by atoms with Crippen LogP contribution >= 0.6 is 23.1 Å². The first-order valence-corrected chi connectivity index (χ1v) is 13.2. The lowest BCUT2D eigenvalue weighted by molar-refractivity contribution is -0.148. The number of thiophene rings is 1. The van der Waals surface area contributed by atoms with Gasteiger partial charge in [-0.05, 0) is 37.8 Å². The van der Waals surface area contributed by atoms with Crippen molar-refractivity contribution in [2.75, 3.05) is 32.0 Å². The number of carbonyl (C=O) groups is 3. The summed E-state index contributed by atoms with van der Waals surface area (Å²) < 4.78 is 5.24. The zero-order valence-corrected chi connectivity index (χ0v) is 20.3. The van der Waals surface area contributed by atoms with Gasteiger partial charge in [0.1, 0.15) is 12.6 Å². The molecule has 1 aliphatic heterocycles. The summed E-state index contributed by atoms with van der Waals surface area (Å²) in [5.41, 5.74) is 5.53. The van der Waals surface area contributed by atoms with Crippen LogP contribution in [0.15, 0.2) is 17.5 Å². The van der Waals surface area contributed by atoms with E-state index in [1.54, 1.807) is 30.0 Å². The molecule has 32 heavy (non-hydrogen) atoms. The molecule has 180 valence electrons. The number of rotatable bonds is 14. The number of hydrogen-bond donors (Lipinski definition) is 3. The molecule has 8 nitrogen and oxygen atoms in total. The molecule has 0 saturated carbocycles. The van der Waals surface area contributed by atoms with Gasteiger partial charge in [0.2, 0.25) is 5.91 Å². The highest BCUT2D eigenvalue weighted by atomic mass is 32.2. The summed E-state index contributed by atoms with van der Waals surface area (Å²) in [6.45, 7) is 2.69. The lowest BCUT2D eigenvalue weighted by Gasteiger charge is -2.26. The Labute approximate surface area is 198 Å². The van der Waals surface area contributed by atoms with Crippen LogP contribution in [0.25, 0.3) is 0 Å². The van der Waals surface area contributed by atoms with Crippen molar-refractivity contribution in [2.45, 2.75) is 62.8 Å². The molecule has 1 saturated heterocycles. The van der Waals surface area contributed by atoms with Crippen LogP contribution in [0.3, 0.4) is 0 Å². The van der Waals surface area contributed by atoms with Crippen molar-refractivity contribution in [1.82, 2.24) is 10.2 Å². The van der Waals surface area contributed by atoms with Gasteiger partial charge >= 0.3 is 11.9 Å². The summed E-state index contributed by atoms with van der Waals surface area (Å²) >= 11 is 3.22. The number of aliphatic carboxylic acids is 1. The number of unbranched alkanes of at least 4 members (excludes halogenated alkanes) is 4. The van der Waals surface area contributed by atoms with Crippen LogP contribution in [0.4, 0.5) is 0 Å². The first-order chi connectivity index (χ1) is 15.5. The smallest absolute Gasteiger partial charge is 0.323 e. The van der Waals surface area contributed by atoms with Gasteiger partial charge in [-0.15, -0.1) is 23.1 Å². The van der Waals surface area contributed by atoms with Crippen LogP contribution in [0.2, 0.25) is 0 Å². The van der Waals surface area contributed by atoms with Crippen molar-refractivity contribution in [3.63, 3.8) is 0 Å². The van der Waals surface area contributed by atoms with Crippen molar-refractivity contribution in [3.8, 4) is 0 Å². The summed E-state index contributed by atoms with van der Waals surface area (Å²) in [6.07, 6.45) is 5.52. The maximum atomic E-state index is 13.2. The van der Waals surface area contributed by atoms with Crippen molar-refractivity contribution < 1.29 is 24.2 Å². The molecular weight excluding hydrogens is 450 g/mol. The Hall–Kier alpha value is -1.62. The van der Waals surface area contributed by atoms with Crippen molar-refractivity contribution >= 4 is 40.9 Å². The Kier molecular flexibility index (Phi) is 12.1. The fourth-order valence-corrected chi connectivity index (χ4v) is 5.96. The Morgan fingerprint density at radius 2 is 2.06 bits per heavy atom. The fraction of sp³-hybridized carbons (Fsp3) is 0.682. The van der Waals surface area contributed by atoms with Crippen molar-refractivity contribution in [3.05, 3.63) is 22.4 Å². The van der Waals surface area contributed by atoms with Gasteiger partial charge in [0.25, 0.3) is 0 Å². The van der Waals surface area contributed by atoms with Gasteiger partial charge in [-0.3, -0.25) is 19.7 Å². The van der Waals surface area contributed by atoms with Crippen LogP contribution in [0.1, 0.15) is 55.6 Å². The van der Waals surface area contributed by atoms with E-state index in [1.807, 2.05) is 17.5 Å². The maximum absolute atomic E-state index is 13.2.